The molecular formula is C13H18N2O2. The fourth-order valence-electron chi connectivity index (χ4n) is 1.43. The Morgan fingerprint density at radius 3 is 2.29 bits per heavy atom. The van der Waals surface area contributed by atoms with E-state index >= 15 is 0 Å². The van der Waals surface area contributed by atoms with Crippen molar-refractivity contribution in [2.75, 3.05) is 6.54 Å². The summed E-state index contributed by atoms with van der Waals surface area (Å²) in [7, 11) is 0. The van der Waals surface area contributed by atoms with Crippen molar-refractivity contribution in [3.63, 3.8) is 0 Å². The topological polar surface area (TPSA) is 76.3 Å². The van der Waals surface area contributed by atoms with Crippen molar-refractivity contribution in [2.24, 2.45) is 5.41 Å². The Hall–Kier alpha value is -1.73. The van der Waals surface area contributed by atoms with E-state index in [0.29, 0.717) is 6.54 Å². The van der Waals surface area contributed by atoms with Crippen molar-refractivity contribution in [3.8, 4) is 17.6 Å². The lowest BCUT2D eigenvalue weighted by atomic mass is 9.95. The molecule has 4 nitrogen and oxygen atoms in total. The molecule has 3 N–H and O–H groups in total. The number of nitriles is 1. The standard InChI is InChI=1S/C13H18N2O2/c1-9(15-8-13(2,3)7-14)10-4-11(16)6-12(17)5-10/h4-6,9,15-17H,8H2,1-3H3. The van der Waals surface area contributed by atoms with Crippen molar-refractivity contribution >= 4 is 0 Å². The molecule has 0 heterocycles. The minimum absolute atomic E-state index is 0.0354. The molecule has 92 valence electrons. The zero-order valence-corrected chi connectivity index (χ0v) is 10.4. The van der Waals surface area contributed by atoms with Crippen LogP contribution in [0.1, 0.15) is 32.4 Å². The van der Waals surface area contributed by atoms with Gasteiger partial charge >= 0.3 is 0 Å². The van der Waals surface area contributed by atoms with Gasteiger partial charge in [-0.2, -0.15) is 5.26 Å². The molecular weight excluding hydrogens is 216 g/mol. The minimum atomic E-state index is -0.437. The number of hydrogen-bond acceptors (Lipinski definition) is 4. The highest BCUT2D eigenvalue weighted by atomic mass is 16.3. The van der Waals surface area contributed by atoms with E-state index in [9.17, 15) is 10.2 Å². The lowest BCUT2D eigenvalue weighted by molar-refractivity contribution is 0.411. The second-order valence-electron chi connectivity index (χ2n) is 4.88. The third kappa shape index (κ3) is 3.97. The van der Waals surface area contributed by atoms with E-state index < -0.39 is 5.41 Å². The summed E-state index contributed by atoms with van der Waals surface area (Å²) in [6, 6.07) is 6.64. The van der Waals surface area contributed by atoms with Gasteiger partial charge in [-0.1, -0.05) is 0 Å². The maximum Gasteiger partial charge on any atom is 0.119 e. The first-order valence-electron chi connectivity index (χ1n) is 5.51. The molecule has 1 aromatic carbocycles. The SMILES string of the molecule is CC(NCC(C)(C)C#N)c1cc(O)cc(O)c1. The number of phenols is 2. The van der Waals surface area contributed by atoms with Gasteiger partial charge in [-0.15, -0.1) is 0 Å². The van der Waals surface area contributed by atoms with E-state index in [-0.39, 0.29) is 17.5 Å². The van der Waals surface area contributed by atoms with Gasteiger partial charge in [0.05, 0.1) is 11.5 Å². The number of phenolic OH excluding ortho intramolecular Hbond substituents is 2. The van der Waals surface area contributed by atoms with Crippen molar-refractivity contribution < 1.29 is 10.2 Å². The van der Waals surface area contributed by atoms with Gasteiger partial charge in [-0.3, -0.25) is 0 Å². The molecule has 0 aliphatic rings. The molecule has 4 heteroatoms. The van der Waals surface area contributed by atoms with E-state index in [1.165, 1.54) is 6.07 Å². The van der Waals surface area contributed by atoms with E-state index in [1.807, 2.05) is 20.8 Å². The molecule has 0 bridgehead atoms. The Labute approximate surface area is 102 Å². The van der Waals surface area contributed by atoms with Gasteiger partial charge in [0, 0.05) is 18.7 Å². The van der Waals surface area contributed by atoms with Crippen LogP contribution in [0.2, 0.25) is 0 Å². The summed E-state index contributed by atoms with van der Waals surface area (Å²) in [5, 5.41) is 30.8. The Bertz CT molecular complexity index is 415. The summed E-state index contributed by atoms with van der Waals surface area (Å²) in [6.45, 7) is 6.17. The predicted molar refractivity (Wildman–Crippen MR) is 65.6 cm³/mol. The summed E-state index contributed by atoms with van der Waals surface area (Å²) in [5.74, 6) is 0.0707. The van der Waals surface area contributed by atoms with Crippen LogP contribution in [0.15, 0.2) is 18.2 Å². The smallest absolute Gasteiger partial charge is 0.119 e. The number of hydrogen-bond donors (Lipinski definition) is 3. The first-order chi connectivity index (χ1) is 7.84. The molecule has 0 saturated heterocycles. The largest absolute Gasteiger partial charge is 0.508 e. The van der Waals surface area contributed by atoms with Crippen molar-refractivity contribution in [3.05, 3.63) is 23.8 Å². The number of nitrogens with zero attached hydrogens (tertiary/aromatic N) is 1. The second kappa shape index (κ2) is 5.07. The molecule has 1 unspecified atom stereocenters. The van der Waals surface area contributed by atoms with Crippen LogP contribution in [-0.4, -0.2) is 16.8 Å². The Morgan fingerprint density at radius 1 is 1.29 bits per heavy atom. The van der Waals surface area contributed by atoms with Gasteiger partial charge in [0.25, 0.3) is 0 Å². The van der Waals surface area contributed by atoms with Crippen LogP contribution in [-0.2, 0) is 0 Å². The van der Waals surface area contributed by atoms with Gasteiger partial charge in [0.1, 0.15) is 11.5 Å². The first kappa shape index (κ1) is 13.3. The third-order valence-corrected chi connectivity index (χ3v) is 2.58. The van der Waals surface area contributed by atoms with E-state index in [4.69, 9.17) is 5.26 Å². The fourth-order valence-corrected chi connectivity index (χ4v) is 1.43. The summed E-state index contributed by atoms with van der Waals surface area (Å²) in [6.07, 6.45) is 0. The van der Waals surface area contributed by atoms with Gasteiger partial charge in [0.2, 0.25) is 0 Å². The molecule has 1 atom stereocenters. The van der Waals surface area contributed by atoms with Crippen LogP contribution in [0, 0.1) is 16.7 Å². The zero-order valence-electron chi connectivity index (χ0n) is 10.4. The van der Waals surface area contributed by atoms with Crippen molar-refractivity contribution in [2.45, 2.75) is 26.8 Å². The van der Waals surface area contributed by atoms with Crippen LogP contribution < -0.4 is 5.32 Å². The number of aromatic hydroxyl groups is 2. The highest BCUT2D eigenvalue weighted by Crippen LogP contribution is 2.25. The molecule has 0 radical (unpaired) electrons. The first-order valence-corrected chi connectivity index (χ1v) is 5.51. The molecule has 0 aliphatic carbocycles. The lowest BCUT2D eigenvalue weighted by Gasteiger charge is -2.21. The Morgan fingerprint density at radius 2 is 1.82 bits per heavy atom. The highest BCUT2D eigenvalue weighted by molar-refractivity contribution is 5.37. The maximum absolute atomic E-state index is 9.38. The highest BCUT2D eigenvalue weighted by Gasteiger charge is 2.18. The zero-order chi connectivity index (χ0) is 13.1. The molecule has 17 heavy (non-hydrogen) atoms. The Balaban J connectivity index is 2.71. The van der Waals surface area contributed by atoms with Crippen LogP contribution in [0.3, 0.4) is 0 Å². The van der Waals surface area contributed by atoms with Gasteiger partial charge in [-0.25, -0.2) is 0 Å². The monoisotopic (exact) mass is 234 g/mol. The summed E-state index contributed by atoms with van der Waals surface area (Å²) in [5.41, 5.74) is 0.351. The van der Waals surface area contributed by atoms with Crippen LogP contribution in [0.25, 0.3) is 0 Å². The average Bonchev–Trinajstić information content (AvgIpc) is 2.24. The van der Waals surface area contributed by atoms with Crippen molar-refractivity contribution in [1.82, 2.24) is 5.32 Å². The van der Waals surface area contributed by atoms with Gasteiger partial charge in [0.15, 0.2) is 0 Å². The van der Waals surface area contributed by atoms with Gasteiger partial charge < -0.3 is 15.5 Å². The summed E-state index contributed by atoms with van der Waals surface area (Å²) >= 11 is 0. The predicted octanol–water partition coefficient (Wildman–Crippen LogP) is 2.30. The lowest BCUT2D eigenvalue weighted by Crippen LogP contribution is -2.30. The van der Waals surface area contributed by atoms with E-state index in [2.05, 4.69) is 11.4 Å². The van der Waals surface area contributed by atoms with Crippen molar-refractivity contribution in [1.29, 1.82) is 5.26 Å². The van der Waals surface area contributed by atoms with Gasteiger partial charge in [-0.05, 0) is 38.5 Å². The summed E-state index contributed by atoms with van der Waals surface area (Å²) < 4.78 is 0. The van der Waals surface area contributed by atoms with Crippen LogP contribution in [0.5, 0.6) is 11.5 Å². The molecule has 0 fully saturated rings. The van der Waals surface area contributed by atoms with Crippen LogP contribution in [0.4, 0.5) is 0 Å². The molecule has 0 amide bonds. The molecule has 0 spiro atoms. The summed E-state index contributed by atoms with van der Waals surface area (Å²) in [4.78, 5) is 0. The van der Waals surface area contributed by atoms with Crippen LogP contribution >= 0.6 is 0 Å². The fraction of sp³-hybridized carbons (Fsp3) is 0.462. The molecule has 0 saturated carbocycles. The number of benzene rings is 1. The molecule has 1 aromatic rings. The normalized spacial score (nSPS) is 13.1. The average molecular weight is 234 g/mol. The van der Waals surface area contributed by atoms with E-state index in [0.717, 1.165) is 5.56 Å². The Kier molecular flexibility index (Phi) is 3.97. The molecule has 1 rings (SSSR count). The minimum Gasteiger partial charge on any atom is -0.508 e. The number of nitrogens with one attached hydrogen (secondary N) is 1. The number of rotatable bonds is 4. The quantitative estimate of drug-likeness (QED) is 0.747. The third-order valence-electron chi connectivity index (χ3n) is 2.58. The van der Waals surface area contributed by atoms with E-state index in [1.54, 1.807) is 12.1 Å². The molecule has 0 aliphatic heterocycles. The second-order valence-corrected chi connectivity index (χ2v) is 4.88. The molecule has 0 aromatic heterocycles. The maximum atomic E-state index is 9.38.